The van der Waals surface area contributed by atoms with Crippen LogP contribution < -0.4 is 10.1 Å². The maximum Gasteiger partial charge on any atom is 0.387 e. The van der Waals surface area contributed by atoms with Crippen LogP contribution in [0.3, 0.4) is 0 Å². The second-order valence-corrected chi connectivity index (χ2v) is 5.31. The van der Waals surface area contributed by atoms with Crippen molar-refractivity contribution in [2.75, 3.05) is 5.32 Å². The van der Waals surface area contributed by atoms with Gasteiger partial charge in [-0.3, -0.25) is 0 Å². The molecule has 0 fully saturated rings. The van der Waals surface area contributed by atoms with E-state index in [9.17, 15) is 13.2 Å². The van der Waals surface area contributed by atoms with E-state index in [-0.39, 0.29) is 18.1 Å². The lowest BCUT2D eigenvalue weighted by Gasteiger charge is -2.14. The minimum absolute atomic E-state index is 0.0924. The summed E-state index contributed by atoms with van der Waals surface area (Å²) in [5.41, 5.74) is 1.63. The van der Waals surface area contributed by atoms with Crippen LogP contribution in [0.25, 0.3) is 0 Å². The number of hydrogen-bond donors (Lipinski definition) is 1. The van der Waals surface area contributed by atoms with Gasteiger partial charge in [-0.2, -0.15) is 8.78 Å². The second kappa shape index (κ2) is 6.85. The zero-order chi connectivity index (χ0) is 15.4. The molecule has 0 spiro atoms. The van der Waals surface area contributed by atoms with E-state index in [4.69, 9.17) is 0 Å². The molecule has 112 valence electrons. The quantitative estimate of drug-likeness (QED) is 0.800. The van der Waals surface area contributed by atoms with E-state index in [1.165, 1.54) is 12.1 Å². The summed E-state index contributed by atoms with van der Waals surface area (Å²) in [4.78, 5) is 0. The lowest BCUT2D eigenvalue weighted by molar-refractivity contribution is -0.0504. The molecule has 0 aliphatic rings. The Morgan fingerprint density at radius 3 is 2.71 bits per heavy atom. The van der Waals surface area contributed by atoms with Crippen LogP contribution in [0.4, 0.5) is 18.9 Å². The fourth-order valence-corrected chi connectivity index (χ4v) is 2.30. The molecule has 0 atom stereocenters. The van der Waals surface area contributed by atoms with Gasteiger partial charge in [-0.05, 0) is 37.3 Å². The summed E-state index contributed by atoms with van der Waals surface area (Å²) < 4.78 is 43.4. The first-order valence-electron chi connectivity index (χ1n) is 6.19. The Morgan fingerprint density at radius 2 is 2.00 bits per heavy atom. The molecule has 2 aromatic carbocycles. The van der Waals surface area contributed by atoms with Crippen LogP contribution in [0.2, 0.25) is 0 Å². The van der Waals surface area contributed by atoms with Crippen LogP contribution in [0.5, 0.6) is 5.75 Å². The van der Waals surface area contributed by atoms with Gasteiger partial charge in [0.15, 0.2) is 0 Å². The minimum Gasteiger partial charge on any atom is -0.434 e. The van der Waals surface area contributed by atoms with Crippen molar-refractivity contribution in [3.8, 4) is 5.75 Å². The predicted octanol–water partition coefficient (Wildman–Crippen LogP) is 5.11. The van der Waals surface area contributed by atoms with E-state index >= 15 is 0 Å². The van der Waals surface area contributed by atoms with Crippen molar-refractivity contribution in [1.82, 2.24) is 0 Å². The summed E-state index contributed by atoms with van der Waals surface area (Å²) in [6.07, 6.45) is 0. The number of nitrogens with one attached hydrogen (secondary N) is 1. The SMILES string of the molecule is Cc1c(F)cccc1NCc1cc(Br)ccc1OC(F)F. The van der Waals surface area contributed by atoms with E-state index in [1.807, 2.05) is 0 Å². The molecule has 2 nitrogen and oxygen atoms in total. The number of rotatable bonds is 5. The van der Waals surface area contributed by atoms with Crippen LogP contribution in [0, 0.1) is 12.7 Å². The normalized spacial score (nSPS) is 10.8. The van der Waals surface area contributed by atoms with E-state index in [0.29, 0.717) is 16.8 Å². The Kier molecular flexibility index (Phi) is 5.12. The second-order valence-electron chi connectivity index (χ2n) is 4.40. The van der Waals surface area contributed by atoms with Crippen molar-refractivity contribution >= 4 is 21.6 Å². The van der Waals surface area contributed by atoms with Gasteiger partial charge in [-0.15, -0.1) is 0 Å². The third kappa shape index (κ3) is 4.14. The third-order valence-corrected chi connectivity index (χ3v) is 3.47. The molecule has 0 aliphatic carbocycles. The van der Waals surface area contributed by atoms with Gasteiger partial charge >= 0.3 is 6.61 Å². The van der Waals surface area contributed by atoms with Crippen molar-refractivity contribution in [3.63, 3.8) is 0 Å². The van der Waals surface area contributed by atoms with Crippen molar-refractivity contribution in [3.05, 3.63) is 57.8 Å². The first-order valence-corrected chi connectivity index (χ1v) is 6.99. The Morgan fingerprint density at radius 1 is 1.24 bits per heavy atom. The molecule has 0 bridgehead atoms. The molecule has 6 heteroatoms. The van der Waals surface area contributed by atoms with Crippen LogP contribution in [0.1, 0.15) is 11.1 Å². The standard InChI is InChI=1S/C15H13BrF3NO/c1-9-12(17)3-2-4-13(9)20-8-10-7-11(16)5-6-14(10)21-15(18)19/h2-7,15,20H,8H2,1H3. The topological polar surface area (TPSA) is 21.3 Å². The molecular weight excluding hydrogens is 347 g/mol. The van der Waals surface area contributed by atoms with Gasteiger partial charge in [-0.1, -0.05) is 22.0 Å². The Hall–Kier alpha value is -1.69. The fraction of sp³-hybridized carbons (Fsp3) is 0.200. The summed E-state index contributed by atoms with van der Waals surface area (Å²) in [6, 6.07) is 9.44. The molecule has 0 aromatic heterocycles. The molecule has 0 saturated heterocycles. The number of ether oxygens (including phenoxy) is 1. The molecule has 0 amide bonds. The van der Waals surface area contributed by atoms with Gasteiger partial charge in [0.25, 0.3) is 0 Å². The average molecular weight is 360 g/mol. The number of anilines is 1. The largest absolute Gasteiger partial charge is 0.434 e. The summed E-state index contributed by atoms with van der Waals surface area (Å²) in [6.45, 7) is -0.998. The molecular formula is C15H13BrF3NO. The van der Waals surface area contributed by atoms with Crippen molar-refractivity contribution < 1.29 is 17.9 Å². The molecule has 2 aromatic rings. The van der Waals surface area contributed by atoms with Gasteiger partial charge in [0.05, 0.1) is 0 Å². The highest BCUT2D eigenvalue weighted by Gasteiger charge is 2.11. The molecule has 0 aliphatic heterocycles. The van der Waals surface area contributed by atoms with Crippen molar-refractivity contribution in [2.45, 2.75) is 20.1 Å². The van der Waals surface area contributed by atoms with E-state index in [1.54, 1.807) is 31.2 Å². The van der Waals surface area contributed by atoms with E-state index < -0.39 is 6.61 Å². The minimum atomic E-state index is -2.89. The molecule has 0 heterocycles. The number of hydrogen-bond acceptors (Lipinski definition) is 2. The van der Waals surface area contributed by atoms with Crippen molar-refractivity contribution in [1.29, 1.82) is 0 Å². The Balaban J connectivity index is 2.19. The average Bonchev–Trinajstić information content (AvgIpc) is 2.42. The maximum absolute atomic E-state index is 13.4. The lowest BCUT2D eigenvalue weighted by Crippen LogP contribution is -2.08. The predicted molar refractivity (Wildman–Crippen MR) is 79.2 cm³/mol. The van der Waals surface area contributed by atoms with Crippen LogP contribution >= 0.6 is 15.9 Å². The number of halogens is 4. The summed E-state index contributed by atoms with van der Waals surface area (Å²) in [5.74, 6) is -0.229. The zero-order valence-corrected chi connectivity index (χ0v) is 12.8. The van der Waals surface area contributed by atoms with Gasteiger partial charge in [-0.25, -0.2) is 4.39 Å². The van der Waals surface area contributed by atoms with Gasteiger partial charge < -0.3 is 10.1 Å². The van der Waals surface area contributed by atoms with Crippen LogP contribution in [-0.4, -0.2) is 6.61 Å². The summed E-state index contributed by atoms with van der Waals surface area (Å²) in [7, 11) is 0. The highest BCUT2D eigenvalue weighted by atomic mass is 79.9. The lowest BCUT2D eigenvalue weighted by atomic mass is 10.1. The monoisotopic (exact) mass is 359 g/mol. The van der Waals surface area contributed by atoms with Crippen LogP contribution in [-0.2, 0) is 6.54 Å². The number of alkyl halides is 2. The fourth-order valence-electron chi connectivity index (χ4n) is 1.89. The van der Waals surface area contributed by atoms with E-state index in [2.05, 4.69) is 26.0 Å². The molecule has 2 rings (SSSR count). The van der Waals surface area contributed by atoms with Gasteiger partial charge in [0.2, 0.25) is 0 Å². The Labute approximate surface area is 129 Å². The third-order valence-electron chi connectivity index (χ3n) is 2.98. The van der Waals surface area contributed by atoms with E-state index in [0.717, 1.165) is 4.47 Å². The van der Waals surface area contributed by atoms with Crippen molar-refractivity contribution in [2.24, 2.45) is 0 Å². The summed E-state index contributed by atoms with van der Waals surface area (Å²) >= 11 is 3.28. The molecule has 0 saturated carbocycles. The van der Waals surface area contributed by atoms with Crippen LogP contribution in [0.15, 0.2) is 40.9 Å². The smallest absolute Gasteiger partial charge is 0.387 e. The first kappa shape index (κ1) is 15.7. The molecule has 21 heavy (non-hydrogen) atoms. The summed E-state index contributed by atoms with van der Waals surface area (Å²) in [5, 5.41) is 3.03. The Bertz CT molecular complexity index is 634. The van der Waals surface area contributed by atoms with Gasteiger partial charge in [0.1, 0.15) is 11.6 Å². The molecule has 1 N–H and O–H groups in total. The maximum atomic E-state index is 13.4. The number of benzene rings is 2. The highest BCUT2D eigenvalue weighted by molar-refractivity contribution is 9.10. The highest BCUT2D eigenvalue weighted by Crippen LogP contribution is 2.26. The zero-order valence-electron chi connectivity index (χ0n) is 11.2. The molecule has 0 radical (unpaired) electrons. The first-order chi connectivity index (χ1) is 9.97. The molecule has 0 unspecified atom stereocenters. The van der Waals surface area contributed by atoms with Gasteiger partial charge in [0, 0.05) is 27.8 Å².